The van der Waals surface area contributed by atoms with E-state index in [1.807, 2.05) is 0 Å². The maximum atomic E-state index is 14.6. The van der Waals surface area contributed by atoms with Gasteiger partial charge < -0.3 is 4.90 Å². The van der Waals surface area contributed by atoms with Gasteiger partial charge in [0.15, 0.2) is 11.6 Å². The van der Waals surface area contributed by atoms with Gasteiger partial charge in [0.1, 0.15) is 0 Å². The fraction of sp³-hybridized carbons (Fsp3) is 0.355. The van der Waals surface area contributed by atoms with Crippen molar-refractivity contribution in [2.24, 2.45) is 5.92 Å². The number of allylic oxidation sites excluding steroid dienone is 1. The second-order valence-electron chi connectivity index (χ2n) is 9.97. The minimum Gasteiger partial charge on any atom is -0.303 e. The zero-order valence-corrected chi connectivity index (χ0v) is 20.3. The molecule has 1 heterocycles. The molecule has 0 spiro atoms. The molecule has 1 nitrogen and oxygen atoms in total. The summed E-state index contributed by atoms with van der Waals surface area (Å²) in [5, 5.41) is 0. The molecule has 4 heteroatoms. The Kier molecular flexibility index (Phi) is 7.10. The van der Waals surface area contributed by atoms with Crippen molar-refractivity contribution >= 4 is 11.1 Å². The van der Waals surface area contributed by atoms with Gasteiger partial charge in [-0.2, -0.15) is 0 Å². The fourth-order valence-electron chi connectivity index (χ4n) is 5.72. The van der Waals surface area contributed by atoms with E-state index in [0.29, 0.717) is 17.9 Å². The Hall–Kier alpha value is -2.85. The zero-order chi connectivity index (χ0) is 24.4. The Morgan fingerprint density at radius 3 is 2.43 bits per heavy atom. The first kappa shape index (κ1) is 23.9. The number of benzene rings is 3. The third-order valence-corrected chi connectivity index (χ3v) is 7.53. The van der Waals surface area contributed by atoms with Crippen LogP contribution in [-0.4, -0.2) is 31.2 Å². The molecule has 1 aliphatic heterocycles. The summed E-state index contributed by atoms with van der Waals surface area (Å²) in [4.78, 5) is 2.32. The van der Waals surface area contributed by atoms with E-state index >= 15 is 0 Å². The predicted octanol–water partition coefficient (Wildman–Crippen LogP) is 7.40. The second kappa shape index (κ2) is 10.4. The van der Waals surface area contributed by atoms with Crippen molar-refractivity contribution in [2.75, 3.05) is 26.3 Å². The molecule has 0 N–H and O–H groups in total. The van der Waals surface area contributed by atoms with Crippen LogP contribution in [0.1, 0.15) is 52.6 Å². The highest BCUT2D eigenvalue weighted by Gasteiger charge is 2.26. The molecule has 3 aromatic rings. The molecule has 0 amide bonds. The molecule has 0 saturated carbocycles. The highest BCUT2D eigenvalue weighted by atomic mass is 19.2. The molecule has 182 valence electrons. The van der Waals surface area contributed by atoms with E-state index in [-0.39, 0.29) is 6.67 Å². The van der Waals surface area contributed by atoms with E-state index in [1.54, 1.807) is 13.0 Å². The second-order valence-corrected chi connectivity index (χ2v) is 9.97. The zero-order valence-electron chi connectivity index (χ0n) is 20.3. The van der Waals surface area contributed by atoms with Crippen LogP contribution in [-0.2, 0) is 12.8 Å². The lowest BCUT2D eigenvalue weighted by Crippen LogP contribution is -2.47. The van der Waals surface area contributed by atoms with Crippen LogP contribution >= 0.6 is 0 Å². The first-order chi connectivity index (χ1) is 17.0. The Balaban J connectivity index is 1.49. The van der Waals surface area contributed by atoms with Crippen molar-refractivity contribution in [1.29, 1.82) is 0 Å². The molecule has 2 aliphatic rings. The van der Waals surface area contributed by atoms with E-state index in [2.05, 4.69) is 53.4 Å². The van der Waals surface area contributed by atoms with Crippen LogP contribution in [0.15, 0.2) is 60.7 Å². The number of rotatable bonds is 7. The monoisotopic (exact) mass is 475 g/mol. The van der Waals surface area contributed by atoms with Gasteiger partial charge in [-0.1, -0.05) is 54.6 Å². The molecule has 3 aromatic carbocycles. The highest BCUT2D eigenvalue weighted by Crippen LogP contribution is 2.41. The standard InChI is InChI=1S/C31H32F3N/c1-21-26(14-15-29(33)31(21)34)28-9-4-7-24-6-2-3-8-27(24)30(28)25-12-10-22(11-13-25)18-23-19-35(20-23)17-5-16-32/h2-3,6,8,10-15,23H,4-5,7,9,16-20H2,1H3. The van der Waals surface area contributed by atoms with E-state index in [0.717, 1.165) is 67.6 Å². The van der Waals surface area contributed by atoms with Gasteiger partial charge in [0.2, 0.25) is 0 Å². The smallest absolute Gasteiger partial charge is 0.162 e. The van der Waals surface area contributed by atoms with Gasteiger partial charge in [-0.15, -0.1) is 0 Å². The first-order valence-corrected chi connectivity index (χ1v) is 12.7. The van der Waals surface area contributed by atoms with Crippen LogP contribution in [0.5, 0.6) is 0 Å². The SMILES string of the molecule is Cc1c(C2=C(c3ccc(CC4CN(CCCF)C4)cc3)c3ccccc3CCC2)ccc(F)c1F. The minimum atomic E-state index is -0.800. The maximum absolute atomic E-state index is 14.6. The van der Waals surface area contributed by atoms with Gasteiger partial charge >= 0.3 is 0 Å². The van der Waals surface area contributed by atoms with Crippen LogP contribution in [0.25, 0.3) is 11.1 Å². The lowest BCUT2D eigenvalue weighted by Gasteiger charge is -2.39. The van der Waals surface area contributed by atoms with Crippen molar-refractivity contribution in [3.05, 3.63) is 106 Å². The summed E-state index contributed by atoms with van der Waals surface area (Å²) in [6.45, 7) is 4.37. The predicted molar refractivity (Wildman–Crippen MR) is 137 cm³/mol. The maximum Gasteiger partial charge on any atom is 0.162 e. The average molecular weight is 476 g/mol. The van der Waals surface area contributed by atoms with Crippen LogP contribution in [0, 0.1) is 24.5 Å². The molecule has 0 radical (unpaired) electrons. The van der Waals surface area contributed by atoms with E-state index in [1.165, 1.54) is 22.8 Å². The molecule has 5 rings (SSSR count). The lowest BCUT2D eigenvalue weighted by atomic mass is 9.85. The highest BCUT2D eigenvalue weighted by molar-refractivity contribution is 6.00. The molecule has 0 unspecified atom stereocenters. The molecular formula is C31H32F3N. The minimum absolute atomic E-state index is 0.242. The van der Waals surface area contributed by atoms with Crippen LogP contribution in [0.2, 0.25) is 0 Å². The number of likely N-dealkylation sites (tertiary alicyclic amines) is 1. The third-order valence-electron chi connectivity index (χ3n) is 7.53. The summed E-state index contributed by atoms with van der Waals surface area (Å²) in [6, 6.07) is 20.2. The summed E-state index contributed by atoms with van der Waals surface area (Å²) >= 11 is 0. The van der Waals surface area contributed by atoms with Gasteiger partial charge in [-0.3, -0.25) is 4.39 Å². The molecule has 35 heavy (non-hydrogen) atoms. The molecular weight excluding hydrogens is 443 g/mol. The Bertz CT molecular complexity index is 1220. The molecule has 1 fully saturated rings. The van der Waals surface area contributed by atoms with Crippen molar-refractivity contribution in [1.82, 2.24) is 4.90 Å². The van der Waals surface area contributed by atoms with Gasteiger partial charge in [0.25, 0.3) is 0 Å². The Morgan fingerprint density at radius 1 is 0.886 bits per heavy atom. The molecule has 1 aliphatic carbocycles. The van der Waals surface area contributed by atoms with E-state index < -0.39 is 11.6 Å². The average Bonchev–Trinajstić information content (AvgIpc) is 3.04. The first-order valence-electron chi connectivity index (χ1n) is 12.7. The topological polar surface area (TPSA) is 3.24 Å². The van der Waals surface area contributed by atoms with Crippen LogP contribution in [0.4, 0.5) is 13.2 Å². The van der Waals surface area contributed by atoms with E-state index in [4.69, 9.17) is 0 Å². The number of halogens is 3. The number of nitrogens with zero attached hydrogens (tertiary/aromatic N) is 1. The number of fused-ring (bicyclic) bond motifs is 1. The lowest BCUT2D eigenvalue weighted by molar-refractivity contribution is 0.0968. The molecule has 0 atom stereocenters. The summed E-state index contributed by atoms with van der Waals surface area (Å²) in [5.74, 6) is -0.937. The molecule has 0 aromatic heterocycles. The van der Waals surface area contributed by atoms with E-state index in [9.17, 15) is 13.2 Å². The largest absolute Gasteiger partial charge is 0.303 e. The van der Waals surface area contributed by atoms with Crippen molar-refractivity contribution < 1.29 is 13.2 Å². The van der Waals surface area contributed by atoms with Crippen LogP contribution in [0.3, 0.4) is 0 Å². The van der Waals surface area contributed by atoms with Gasteiger partial charge in [0.05, 0.1) is 6.67 Å². The Labute approximate surface area is 206 Å². The van der Waals surface area contributed by atoms with Crippen LogP contribution < -0.4 is 0 Å². The van der Waals surface area contributed by atoms with Crippen molar-refractivity contribution in [3.63, 3.8) is 0 Å². The molecule has 1 saturated heterocycles. The number of aryl methyl sites for hydroxylation is 1. The van der Waals surface area contributed by atoms with Gasteiger partial charge in [0, 0.05) is 19.6 Å². The van der Waals surface area contributed by atoms with Crippen molar-refractivity contribution in [3.8, 4) is 0 Å². The summed E-state index contributed by atoms with van der Waals surface area (Å²) in [5.41, 5.74) is 8.26. The normalized spacial score (nSPS) is 16.7. The summed E-state index contributed by atoms with van der Waals surface area (Å²) in [6.07, 6.45) is 4.39. The third kappa shape index (κ3) is 4.95. The number of alkyl halides is 1. The van der Waals surface area contributed by atoms with Gasteiger partial charge in [-0.05, 0) is 95.5 Å². The molecule has 0 bridgehead atoms. The quantitative estimate of drug-likeness (QED) is 0.344. The Morgan fingerprint density at radius 2 is 1.66 bits per heavy atom. The van der Waals surface area contributed by atoms with Crippen molar-refractivity contribution in [2.45, 2.75) is 39.0 Å². The number of hydrogen-bond acceptors (Lipinski definition) is 1. The summed E-state index contributed by atoms with van der Waals surface area (Å²) < 4.78 is 40.9. The fourth-order valence-corrected chi connectivity index (χ4v) is 5.72. The number of hydrogen-bond donors (Lipinski definition) is 0. The summed E-state index contributed by atoms with van der Waals surface area (Å²) in [7, 11) is 0. The van der Waals surface area contributed by atoms with Gasteiger partial charge in [-0.25, -0.2) is 8.78 Å².